The van der Waals surface area contributed by atoms with E-state index >= 15 is 0 Å². The van der Waals surface area contributed by atoms with Crippen molar-refractivity contribution in [3.8, 4) is 0 Å². The van der Waals surface area contributed by atoms with Crippen LogP contribution in [-0.2, 0) is 0 Å². The molecule has 19 heavy (non-hydrogen) atoms. The van der Waals surface area contributed by atoms with Gasteiger partial charge in [-0.15, -0.1) is 0 Å². The molecular weight excluding hydrogens is 244 g/mol. The van der Waals surface area contributed by atoms with Crippen LogP contribution >= 0.6 is 0 Å². The van der Waals surface area contributed by atoms with Gasteiger partial charge in [-0.1, -0.05) is 85.0 Å². The molecule has 0 spiro atoms. The van der Waals surface area contributed by atoms with Crippen molar-refractivity contribution in [2.24, 2.45) is 0 Å². The van der Waals surface area contributed by atoms with Crippen LogP contribution in [-0.4, -0.2) is 8.07 Å². The van der Waals surface area contributed by atoms with Crippen molar-refractivity contribution in [3.63, 3.8) is 0 Å². The molecule has 0 aromatic heterocycles. The molecule has 0 saturated carbocycles. The number of allylic oxidation sites excluding steroid dienone is 2. The lowest BCUT2D eigenvalue weighted by molar-refractivity contribution is 1.48. The monoisotopic (exact) mass is 266 g/mol. The Balaban J connectivity index is 2.13. The molecule has 0 heterocycles. The topological polar surface area (TPSA) is 0 Å². The Morgan fingerprint density at radius 3 is 2.00 bits per heavy atom. The van der Waals surface area contributed by atoms with E-state index in [9.17, 15) is 0 Å². The lowest BCUT2D eigenvalue weighted by atomic mass is 10.1. The molecule has 0 unspecified atom stereocenters. The standard InChI is InChI=1S/C18H22Si/c1-16(17-10-6-4-7-11-17)14-15-19(2,3)18-12-8-5-9-13-18/h4-14H,15H2,1-3H3/b16-14-. The third-order valence-corrected chi connectivity index (χ3v) is 6.82. The first-order valence-corrected chi connectivity index (χ1v) is 10.1. The van der Waals surface area contributed by atoms with Crippen molar-refractivity contribution in [1.29, 1.82) is 0 Å². The number of rotatable bonds is 4. The SMILES string of the molecule is C/C(=C/C[Si](C)(C)c1ccccc1)c1ccccc1. The number of hydrogen-bond donors (Lipinski definition) is 0. The third-order valence-electron chi connectivity index (χ3n) is 3.70. The molecule has 0 atom stereocenters. The van der Waals surface area contributed by atoms with Gasteiger partial charge in [0.1, 0.15) is 0 Å². The Kier molecular flexibility index (Phi) is 4.38. The summed E-state index contributed by atoms with van der Waals surface area (Å²) in [6.45, 7) is 7.10. The largest absolute Gasteiger partial charge is 0.0843 e. The second kappa shape index (κ2) is 6.03. The molecule has 0 N–H and O–H groups in total. The van der Waals surface area contributed by atoms with Crippen LogP contribution in [0.2, 0.25) is 19.1 Å². The zero-order valence-corrected chi connectivity index (χ0v) is 13.1. The minimum atomic E-state index is -1.35. The van der Waals surface area contributed by atoms with Gasteiger partial charge in [0.2, 0.25) is 0 Å². The predicted molar refractivity (Wildman–Crippen MR) is 88.5 cm³/mol. The van der Waals surface area contributed by atoms with E-state index in [1.165, 1.54) is 22.4 Å². The highest BCUT2D eigenvalue weighted by Gasteiger charge is 2.21. The van der Waals surface area contributed by atoms with Gasteiger partial charge in [0, 0.05) is 0 Å². The number of benzene rings is 2. The Morgan fingerprint density at radius 2 is 1.42 bits per heavy atom. The van der Waals surface area contributed by atoms with Crippen LogP contribution in [0.1, 0.15) is 12.5 Å². The maximum absolute atomic E-state index is 2.44. The molecule has 0 nitrogen and oxygen atoms in total. The zero-order valence-electron chi connectivity index (χ0n) is 12.1. The second-order valence-electron chi connectivity index (χ2n) is 5.71. The maximum atomic E-state index is 2.44. The minimum absolute atomic E-state index is 1.19. The first kappa shape index (κ1) is 13.8. The molecule has 2 aromatic rings. The summed E-state index contributed by atoms with van der Waals surface area (Å²) in [5.41, 5.74) is 2.72. The molecule has 0 aliphatic heterocycles. The van der Waals surface area contributed by atoms with Gasteiger partial charge in [-0.3, -0.25) is 0 Å². The van der Waals surface area contributed by atoms with Gasteiger partial charge in [0.15, 0.2) is 0 Å². The molecule has 0 radical (unpaired) electrons. The molecule has 0 aliphatic rings. The Labute approximate surface area is 117 Å². The Hall–Kier alpha value is -1.60. The highest BCUT2D eigenvalue weighted by atomic mass is 28.3. The average molecular weight is 266 g/mol. The summed E-state index contributed by atoms with van der Waals surface area (Å²) >= 11 is 0. The molecule has 98 valence electrons. The Morgan fingerprint density at radius 1 is 0.895 bits per heavy atom. The van der Waals surface area contributed by atoms with Crippen LogP contribution in [0.3, 0.4) is 0 Å². The van der Waals surface area contributed by atoms with Gasteiger partial charge < -0.3 is 0 Å². The molecule has 0 aliphatic carbocycles. The first-order chi connectivity index (χ1) is 9.09. The van der Waals surface area contributed by atoms with Gasteiger partial charge >= 0.3 is 0 Å². The first-order valence-electron chi connectivity index (χ1n) is 6.87. The van der Waals surface area contributed by atoms with E-state index in [0.29, 0.717) is 0 Å². The lowest BCUT2D eigenvalue weighted by Crippen LogP contribution is -2.40. The highest BCUT2D eigenvalue weighted by Crippen LogP contribution is 2.18. The maximum Gasteiger partial charge on any atom is 0.0843 e. The van der Waals surface area contributed by atoms with E-state index in [4.69, 9.17) is 0 Å². The van der Waals surface area contributed by atoms with E-state index in [0.717, 1.165) is 0 Å². The molecule has 0 saturated heterocycles. The molecule has 2 rings (SSSR count). The quantitative estimate of drug-likeness (QED) is 0.703. The summed E-state index contributed by atoms with van der Waals surface area (Å²) in [4.78, 5) is 0. The smallest absolute Gasteiger partial charge is 0.0833 e. The minimum Gasteiger partial charge on any atom is -0.0833 e. The molecule has 0 fully saturated rings. The van der Waals surface area contributed by atoms with Crippen LogP contribution < -0.4 is 5.19 Å². The normalized spacial score (nSPS) is 12.5. The van der Waals surface area contributed by atoms with Gasteiger partial charge in [0.05, 0.1) is 8.07 Å². The summed E-state index contributed by atoms with van der Waals surface area (Å²) in [6.07, 6.45) is 2.41. The zero-order chi connectivity index (χ0) is 13.7. The van der Waals surface area contributed by atoms with Gasteiger partial charge in [0.25, 0.3) is 0 Å². The van der Waals surface area contributed by atoms with E-state index < -0.39 is 8.07 Å². The van der Waals surface area contributed by atoms with Gasteiger partial charge in [-0.05, 0) is 24.1 Å². The highest BCUT2D eigenvalue weighted by molar-refractivity contribution is 6.90. The van der Waals surface area contributed by atoms with Crippen LogP contribution in [0.25, 0.3) is 5.57 Å². The number of hydrogen-bond acceptors (Lipinski definition) is 0. The van der Waals surface area contributed by atoms with E-state index in [1.807, 2.05) is 0 Å². The van der Waals surface area contributed by atoms with Crippen molar-refractivity contribution >= 4 is 18.8 Å². The second-order valence-corrected chi connectivity index (χ2v) is 10.5. The van der Waals surface area contributed by atoms with Gasteiger partial charge in [-0.2, -0.15) is 0 Å². The van der Waals surface area contributed by atoms with Gasteiger partial charge in [-0.25, -0.2) is 0 Å². The average Bonchev–Trinajstić information content (AvgIpc) is 2.47. The molecule has 2 aromatic carbocycles. The Bertz CT molecular complexity index is 538. The lowest BCUT2D eigenvalue weighted by Gasteiger charge is -2.21. The fourth-order valence-electron chi connectivity index (χ4n) is 2.23. The van der Waals surface area contributed by atoms with E-state index in [2.05, 4.69) is 86.8 Å². The fourth-order valence-corrected chi connectivity index (χ4v) is 4.38. The summed E-state index contributed by atoms with van der Waals surface area (Å²) in [7, 11) is -1.35. The van der Waals surface area contributed by atoms with Crippen LogP contribution in [0.4, 0.5) is 0 Å². The van der Waals surface area contributed by atoms with Crippen LogP contribution in [0.15, 0.2) is 66.7 Å². The summed E-state index contributed by atoms with van der Waals surface area (Å²) in [6, 6.07) is 22.8. The third kappa shape index (κ3) is 3.68. The van der Waals surface area contributed by atoms with Crippen molar-refractivity contribution in [3.05, 3.63) is 72.3 Å². The molecule has 1 heteroatoms. The van der Waals surface area contributed by atoms with Crippen LogP contribution in [0, 0.1) is 0 Å². The predicted octanol–water partition coefficient (Wildman–Crippen LogP) is 4.71. The summed E-state index contributed by atoms with van der Waals surface area (Å²) < 4.78 is 0. The summed E-state index contributed by atoms with van der Waals surface area (Å²) in [5.74, 6) is 0. The summed E-state index contributed by atoms with van der Waals surface area (Å²) in [5, 5.41) is 1.53. The van der Waals surface area contributed by atoms with Crippen molar-refractivity contribution < 1.29 is 0 Å². The fraction of sp³-hybridized carbons (Fsp3) is 0.222. The van der Waals surface area contributed by atoms with E-state index in [1.54, 1.807) is 0 Å². The molecule has 0 bridgehead atoms. The van der Waals surface area contributed by atoms with E-state index in [-0.39, 0.29) is 0 Å². The molecular formula is C18H22Si. The van der Waals surface area contributed by atoms with Crippen molar-refractivity contribution in [2.45, 2.75) is 26.1 Å². The van der Waals surface area contributed by atoms with Crippen LogP contribution in [0.5, 0.6) is 0 Å². The van der Waals surface area contributed by atoms with Crippen molar-refractivity contribution in [1.82, 2.24) is 0 Å². The van der Waals surface area contributed by atoms with Crippen molar-refractivity contribution in [2.75, 3.05) is 0 Å². The molecule has 0 amide bonds.